The summed E-state index contributed by atoms with van der Waals surface area (Å²) >= 11 is 0. The zero-order valence-corrected chi connectivity index (χ0v) is 15.9. The number of alkyl halides is 4. The van der Waals surface area contributed by atoms with Gasteiger partial charge in [-0.2, -0.15) is 17.6 Å². The van der Waals surface area contributed by atoms with Crippen LogP contribution in [0.2, 0.25) is 0 Å². The van der Waals surface area contributed by atoms with Crippen molar-refractivity contribution < 1.29 is 40.6 Å². The molecular formula is C20H11F6N3O3. The predicted octanol–water partition coefficient (Wildman–Crippen LogP) is 4.94. The molecule has 1 aliphatic rings. The fourth-order valence-corrected chi connectivity index (χ4v) is 2.92. The highest BCUT2D eigenvalue weighted by Crippen LogP contribution is 2.48. The molecule has 1 aliphatic heterocycles. The minimum absolute atomic E-state index is 0.115. The number of hydrogen-bond acceptors (Lipinski definition) is 5. The van der Waals surface area contributed by atoms with Crippen LogP contribution in [0.5, 0.6) is 11.5 Å². The first-order chi connectivity index (χ1) is 15.0. The Kier molecular flexibility index (Phi) is 4.94. The Balaban J connectivity index is 1.59. The van der Waals surface area contributed by atoms with Crippen molar-refractivity contribution in [3.8, 4) is 22.8 Å². The number of halogens is 6. The number of carbonyl (C=O) groups excluding carboxylic acids is 1. The van der Waals surface area contributed by atoms with Gasteiger partial charge >= 0.3 is 12.2 Å². The van der Waals surface area contributed by atoms with Crippen molar-refractivity contribution in [2.75, 3.05) is 5.32 Å². The summed E-state index contributed by atoms with van der Waals surface area (Å²) in [7, 11) is 0. The van der Waals surface area contributed by atoms with Crippen molar-refractivity contribution in [2.45, 2.75) is 19.1 Å². The van der Waals surface area contributed by atoms with Gasteiger partial charge in [-0.3, -0.25) is 9.78 Å². The van der Waals surface area contributed by atoms with E-state index in [1.165, 1.54) is 6.92 Å². The quantitative estimate of drug-likeness (QED) is 0.567. The molecule has 0 bridgehead atoms. The lowest BCUT2D eigenvalue weighted by atomic mass is 10.0. The van der Waals surface area contributed by atoms with E-state index in [0.29, 0.717) is 5.56 Å². The molecule has 1 aromatic heterocycles. The van der Waals surface area contributed by atoms with Crippen LogP contribution in [0.4, 0.5) is 32.2 Å². The van der Waals surface area contributed by atoms with Crippen molar-refractivity contribution in [3.05, 3.63) is 65.5 Å². The third-order valence-electron chi connectivity index (χ3n) is 4.47. The molecule has 0 atom stereocenters. The summed E-state index contributed by atoms with van der Waals surface area (Å²) in [6, 6.07) is 5.04. The van der Waals surface area contributed by atoms with Crippen LogP contribution in [0.3, 0.4) is 0 Å². The topological polar surface area (TPSA) is 73.3 Å². The van der Waals surface area contributed by atoms with Gasteiger partial charge in [0.1, 0.15) is 17.2 Å². The molecule has 2 aromatic carbocycles. The standard InChI is InChI=1S/C20H11F6N3O3/c1-9-5-14-15(32-20(25,26)19(23,24)31-14)6-10(9)13-7-28-16(8-27-13)29-18(30)17-11(21)3-2-4-12(17)22/h2-8H,1H3,(H,28,29,30). The fraction of sp³-hybridized carbons (Fsp3) is 0.150. The van der Waals surface area contributed by atoms with E-state index in [0.717, 1.165) is 42.7 Å². The van der Waals surface area contributed by atoms with Crippen LogP contribution in [0.15, 0.2) is 42.7 Å². The van der Waals surface area contributed by atoms with E-state index in [9.17, 15) is 31.1 Å². The van der Waals surface area contributed by atoms with E-state index in [4.69, 9.17) is 0 Å². The maximum atomic E-state index is 13.7. The number of anilines is 1. The van der Waals surface area contributed by atoms with Crippen molar-refractivity contribution in [1.82, 2.24) is 9.97 Å². The number of fused-ring (bicyclic) bond motifs is 1. The Morgan fingerprint density at radius 1 is 0.938 bits per heavy atom. The summed E-state index contributed by atoms with van der Waals surface area (Å²) < 4.78 is 89.2. The van der Waals surface area contributed by atoms with Gasteiger partial charge in [-0.05, 0) is 36.8 Å². The number of aryl methyl sites for hydroxylation is 1. The maximum absolute atomic E-state index is 13.7. The third-order valence-corrected chi connectivity index (χ3v) is 4.47. The fourth-order valence-electron chi connectivity index (χ4n) is 2.92. The molecule has 0 unspecified atom stereocenters. The molecule has 0 spiro atoms. The molecule has 2 heterocycles. The molecule has 3 aromatic rings. The second-order valence-electron chi connectivity index (χ2n) is 6.69. The number of aromatic nitrogens is 2. The van der Waals surface area contributed by atoms with Crippen molar-refractivity contribution in [2.24, 2.45) is 0 Å². The number of carbonyl (C=O) groups is 1. The second kappa shape index (κ2) is 7.39. The molecule has 12 heteroatoms. The summed E-state index contributed by atoms with van der Waals surface area (Å²) in [5.41, 5.74) is -0.157. The summed E-state index contributed by atoms with van der Waals surface area (Å²) in [6.07, 6.45) is -7.52. The predicted molar refractivity (Wildman–Crippen MR) is 97.7 cm³/mol. The zero-order valence-electron chi connectivity index (χ0n) is 15.9. The average molecular weight is 455 g/mol. The Labute approximate surface area is 175 Å². The van der Waals surface area contributed by atoms with Crippen molar-refractivity contribution in [1.29, 1.82) is 0 Å². The number of ether oxygens (including phenoxy) is 2. The van der Waals surface area contributed by atoms with Gasteiger partial charge in [-0.25, -0.2) is 13.8 Å². The molecule has 0 saturated heterocycles. The Bertz CT molecular complexity index is 1200. The highest BCUT2D eigenvalue weighted by molar-refractivity contribution is 6.04. The minimum atomic E-state index is -4.88. The van der Waals surface area contributed by atoms with Crippen LogP contribution in [0, 0.1) is 18.6 Å². The first-order valence-corrected chi connectivity index (χ1v) is 8.84. The molecule has 6 nitrogen and oxygen atoms in total. The molecule has 166 valence electrons. The van der Waals surface area contributed by atoms with E-state index in [1.807, 2.05) is 0 Å². The normalized spacial score (nSPS) is 15.8. The van der Waals surface area contributed by atoms with Gasteiger partial charge in [0.15, 0.2) is 17.3 Å². The van der Waals surface area contributed by atoms with Gasteiger partial charge < -0.3 is 14.8 Å². The number of hydrogen-bond donors (Lipinski definition) is 1. The van der Waals surface area contributed by atoms with E-state index < -0.39 is 46.8 Å². The van der Waals surface area contributed by atoms with Gasteiger partial charge in [-0.15, -0.1) is 0 Å². The lowest BCUT2D eigenvalue weighted by molar-refractivity contribution is -0.391. The Morgan fingerprint density at radius 3 is 2.09 bits per heavy atom. The van der Waals surface area contributed by atoms with Gasteiger partial charge in [0.2, 0.25) is 0 Å². The number of nitrogens with one attached hydrogen (secondary N) is 1. The van der Waals surface area contributed by atoms with E-state index >= 15 is 0 Å². The van der Waals surface area contributed by atoms with Crippen molar-refractivity contribution in [3.63, 3.8) is 0 Å². The monoisotopic (exact) mass is 455 g/mol. The summed E-state index contributed by atoms with van der Waals surface area (Å²) in [4.78, 5) is 20.0. The first kappa shape index (κ1) is 21.4. The van der Waals surface area contributed by atoms with E-state index in [-0.39, 0.29) is 17.1 Å². The number of rotatable bonds is 3. The molecular weight excluding hydrogens is 444 g/mol. The summed E-state index contributed by atoms with van der Waals surface area (Å²) in [6.45, 7) is 1.49. The number of nitrogens with zero attached hydrogens (tertiary/aromatic N) is 2. The van der Waals surface area contributed by atoms with Crippen LogP contribution >= 0.6 is 0 Å². The largest absolute Gasteiger partial charge is 0.507 e. The zero-order chi connectivity index (χ0) is 23.3. The lowest BCUT2D eigenvalue weighted by Gasteiger charge is -2.32. The van der Waals surface area contributed by atoms with Crippen molar-refractivity contribution >= 4 is 11.7 Å². The SMILES string of the molecule is Cc1cc2c(cc1-c1cnc(NC(=O)c3c(F)cccc3F)cn1)OC(F)(F)C(F)(F)O2. The first-order valence-electron chi connectivity index (χ1n) is 8.84. The Hall–Kier alpha value is -3.83. The third kappa shape index (κ3) is 3.67. The molecule has 0 aliphatic carbocycles. The van der Waals surface area contributed by atoms with E-state index in [2.05, 4.69) is 24.8 Å². The van der Waals surface area contributed by atoms with E-state index in [1.54, 1.807) is 0 Å². The second-order valence-corrected chi connectivity index (χ2v) is 6.69. The molecule has 0 fully saturated rings. The molecule has 1 amide bonds. The van der Waals surface area contributed by atoms with Crippen LogP contribution in [-0.2, 0) is 0 Å². The van der Waals surface area contributed by atoms with Gasteiger partial charge in [0.25, 0.3) is 5.91 Å². The molecule has 0 radical (unpaired) electrons. The van der Waals surface area contributed by atoms with Gasteiger partial charge in [0.05, 0.1) is 18.1 Å². The summed E-state index contributed by atoms with van der Waals surface area (Å²) in [5, 5.41) is 2.18. The Morgan fingerprint density at radius 2 is 1.53 bits per heavy atom. The minimum Gasteiger partial charge on any atom is -0.421 e. The van der Waals surface area contributed by atoms with Crippen LogP contribution in [-0.4, -0.2) is 28.1 Å². The molecule has 1 N–H and O–H groups in total. The van der Waals surface area contributed by atoms with Gasteiger partial charge in [0, 0.05) is 5.56 Å². The average Bonchev–Trinajstić information content (AvgIpc) is 2.69. The van der Waals surface area contributed by atoms with Crippen LogP contribution < -0.4 is 14.8 Å². The molecule has 0 saturated carbocycles. The smallest absolute Gasteiger partial charge is 0.421 e. The number of amides is 1. The summed E-state index contributed by atoms with van der Waals surface area (Å²) in [5.74, 6) is -4.59. The highest BCUT2D eigenvalue weighted by Gasteiger charge is 2.66. The van der Waals surface area contributed by atoms with Crippen LogP contribution in [0.25, 0.3) is 11.3 Å². The molecule has 32 heavy (non-hydrogen) atoms. The number of benzene rings is 2. The maximum Gasteiger partial charge on any atom is 0.507 e. The van der Waals surface area contributed by atoms with Gasteiger partial charge in [-0.1, -0.05) is 6.07 Å². The molecule has 4 rings (SSSR count). The van der Waals surface area contributed by atoms with Crippen LogP contribution in [0.1, 0.15) is 15.9 Å². The lowest BCUT2D eigenvalue weighted by Crippen LogP contribution is -2.52. The highest BCUT2D eigenvalue weighted by atomic mass is 19.3.